The molecule has 1 rings (SSSR count). The molecule has 15 heavy (non-hydrogen) atoms. The summed E-state index contributed by atoms with van der Waals surface area (Å²) in [6.45, 7) is 5.66. The summed E-state index contributed by atoms with van der Waals surface area (Å²) in [5.41, 5.74) is 1.40. The fraction of sp³-hybridized carbons (Fsp3) is 0.667. The van der Waals surface area contributed by atoms with Crippen molar-refractivity contribution in [3.05, 3.63) is 22.4 Å². The maximum atomic E-state index is 8.93. The molecule has 0 spiro atoms. The van der Waals surface area contributed by atoms with Gasteiger partial charge in [-0.2, -0.15) is 11.3 Å². The highest BCUT2D eigenvalue weighted by molar-refractivity contribution is 7.07. The van der Waals surface area contributed by atoms with E-state index in [1.165, 1.54) is 5.56 Å². The fourth-order valence-corrected chi connectivity index (χ4v) is 2.35. The molecule has 0 saturated carbocycles. The van der Waals surface area contributed by atoms with Gasteiger partial charge in [0, 0.05) is 12.6 Å². The van der Waals surface area contributed by atoms with Gasteiger partial charge in [0.05, 0.1) is 0 Å². The predicted octanol–water partition coefficient (Wildman–Crippen LogP) is 2.29. The molecular formula is C12H21NOS. The van der Waals surface area contributed by atoms with Gasteiger partial charge >= 0.3 is 0 Å². The molecule has 1 aromatic heterocycles. The van der Waals surface area contributed by atoms with Gasteiger partial charge in [-0.25, -0.2) is 0 Å². The van der Waals surface area contributed by atoms with Crippen LogP contribution in [0.5, 0.6) is 0 Å². The van der Waals surface area contributed by atoms with Crippen molar-refractivity contribution in [2.45, 2.75) is 32.7 Å². The maximum absolute atomic E-state index is 8.93. The Morgan fingerprint density at radius 3 is 2.80 bits per heavy atom. The van der Waals surface area contributed by atoms with Crippen molar-refractivity contribution in [2.75, 3.05) is 13.2 Å². The van der Waals surface area contributed by atoms with Crippen molar-refractivity contribution >= 4 is 11.3 Å². The van der Waals surface area contributed by atoms with Crippen molar-refractivity contribution in [3.8, 4) is 0 Å². The molecule has 2 N–H and O–H groups in total. The van der Waals surface area contributed by atoms with Crippen LogP contribution in [0.1, 0.15) is 25.8 Å². The smallest absolute Gasteiger partial charge is 0.0445 e. The average molecular weight is 227 g/mol. The van der Waals surface area contributed by atoms with Crippen molar-refractivity contribution < 1.29 is 5.11 Å². The molecule has 1 atom stereocenters. The molecule has 0 aliphatic heterocycles. The van der Waals surface area contributed by atoms with Gasteiger partial charge in [0.2, 0.25) is 0 Å². The summed E-state index contributed by atoms with van der Waals surface area (Å²) >= 11 is 1.75. The fourth-order valence-electron chi connectivity index (χ4n) is 1.65. The van der Waals surface area contributed by atoms with Gasteiger partial charge in [-0.15, -0.1) is 0 Å². The minimum atomic E-state index is 0.272. The second kappa shape index (κ2) is 6.99. The first-order valence-electron chi connectivity index (χ1n) is 5.59. The van der Waals surface area contributed by atoms with Gasteiger partial charge in [-0.1, -0.05) is 13.8 Å². The van der Waals surface area contributed by atoms with Crippen LogP contribution in [0.3, 0.4) is 0 Å². The van der Waals surface area contributed by atoms with Crippen LogP contribution in [0, 0.1) is 5.92 Å². The topological polar surface area (TPSA) is 32.3 Å². The zero-order valence-electron chi connectivity index (χ0n) is 9.57. The molecule has 86 valence electrons. The Morgan fingerprint density at radius 1 is 1.47 bits per heavy atom. The van der Waals surface area contributed by atoms with Crippen LogP contribution in [0.15, 0.2) is 16.8 Å². The molecule has 1 aromatic rings. The van der Waals surface area contributed by atoms with Crippen LogP contribution in [0.4, 0.5) is 0 Å². The molecule has 1 heterocycles. The Labute approximate surface area is 96.3 Å². The second-order valence-corrected chi connectivity index (χ2v) is 4.98. The quantitative estimate of drug-likeness (QED) is 0.749. The first-order chi connectivity index (χ1) is 7.24. The lowest BCUT2D eigenvalue weighted by Gasteiger charge is -2.21. The molecule has 3 heteroatoms. The second-order valence-electron chi connectivity index (χ2n) is 4.20. The third kappa shape index (κ3) is 4.78. The van der Waals surface area contributed by atoms with Gasteiger partial charge in [0.1, 0.15) is 0 Å². The number of nitrogens with one attached hydrogen (secondary N) is 1. The lowest BCUT2D eigenvalue weighted by molar-refractivity contribution is 0.245. The van der Waals surface area contributed by atoms with E-state index < -0.39 is 0 Å². The molecule has 0 fully saturated rings. The van der Waals surface area contributed by atoms with E-state index in [0.29, 0.717) is 12.0 Å². The SMILES string of the molecule is CC(C)C(CCO)NCCc1ccsc1. The average Bonchev–Trinajstić information content (AvgIpc) is 2.69. The summed E-state index contributed by atoms with van der Waals surface area (Å²) in [6, 6.07) is 2.61. The zero-order valence-corrected chi connectivity index (χ0v) is 10.4. The third-order valence-electron chi connectivity index (χ3n) is 2.65. The van der Waals surface area contributed by atoms with Gasteiger partial charge in [0.25, 0.3) is 0 Å². The number of aliphatic hydroxyl groups is 1. The monoisotopic (exact) mass is 227 g/mol. The van der Waals surface area contributed by atoms with Crippen molar-refractivity contribution in [2.24, 2.45) is 5.92 Å². The van der Waals surface area contributed by atoms with E-state index >= 15 is 0 Å². The lowest BCUT2D eigenvalue weighted by Crippen LogP contribution is -2.35. The molecule has 0 amide bonds. The Hall–Kier alpha value is -0.380. The number of rotatable bonds is 7. The lowest BCUT2D eigenvalue weighted by atomic mass is 10.0. The molecular weight excluding hydrogens is 206 g/mol. The molecule has 0 bridgehead atoms. The van der Waals surface area contributed by atoms with E-state index in [4.69, 9.17) is 5.11 Å². The van der Waals surface area contributed by atoms with Crippen LogP contribution in [-0.4, -0.2) is 24.3 Å². The minimum absolute atomic E-state index is 0.272. The standard InChI is InChI=1S/C12H21NOS/c1-10(2)12(4-7-14)13-6-3-11-5-8-15-9-11/h5,8-10,12-14H,3-4,6-7H2,1-2H3. The third-order valence-corrected chi connectivity index (χ3v) is 3.38. The number of hydrogen-bond donors (Lipinski definition) is 2. The summed E-state index contributed by atoms with van der Waals surface area (Å²) in [6.07, 6.45) is 1.93. The van der Waals surface area contributed by atoms with Crippen LogP contribution in [0.25, 0.3) is 0 Å². The molecule has 0 aromatic carbocycles. The summed E-state index contributed by atoms with van der Waals surface area (Å²) in [4.78, 5) is 0. The predicted molar refractivity (Wildman–Crippen MR) is 66.4 cm³/mol. The van der Waals surface area contributed by atoms with Gasteiger partial charge < -0.3 is 10.4 Å². The highest BCUT2D eigenvalue weighted by atomic mass is 32.1. The van der Waals surface area contributed by atoms with Crippen LogP contribution in [-0.2, 0) is 6.42 Å². The minimum Gasteiger partial charge on any atom is -0.396 e. The molecule has 0 radical (unpaired) electrons. The summed E-state index contributed by atoms with van der Waals surface area (Å²) in [5.74, 6) is 0.583. The van der Waals surface area contributed by atoms with Crippen LogP contribution >= 0.6 is 11.3 Å². The first-order valence-corrected chi connectivity index (χ1v) is 6.53. The van der Waals surface area contributed by atoms with Crippen molar-refractivity contribution in [1.82, 2.24) is 5.32 Å². The Morgan fingerprint density at radius 2 is 2.27 bits per heavy atom. The molecule has 2 nitrogen and oxygen atoms in total. The van der Waals surface area contributed by atoms with Crippen LogP contribution in [0.2, 0.25) is 0 Å². The molecule has 1 unspecified atom stereocenters. The molecule has 0 saturated heterocycles. The summed E-state index contributed by atoms with van der Waals surface area (Å²) < 4.78 is 0. The van der Waals surface area contributed by atoms with E-state index in [1.54, 1.807) is 11.3 Å². The van der Waals surface area contributed by atoms with Gasteiger partial charge in [-0.3, -0.25) is 0 Å². The summed E-state index contributed by atoms with van der Waals surface area (Å²) in [7, 11) is 0. The Kier molecular flexibility index (Phi) is 5.91. The molecule has 0 aliphatic rings. The maximum Gasteiger partial charge on any atom is 0.0445 e. The zero-order chi connectivity index (χ0) is 11.1. The van der Waals surface area contributed by atoms with Crippen LogP contribution < -0.4 is 5.32 Å². The number of thiophene rings is 1. The van der Waals surface area contributed by atoms with Crippen molar-refractivity contribution in [1.29, 1.82) is 0 Å². The number of aliphatic hydroxyl groups excluding tert-OH is 1. The van der Waals surface area contributed by atoms with E-state index in [-0.39, 0.29) is 6.61 Å². The highest BCUT2D eigenvalue weighted by Crippen LogP contribution is 2.08. The van der Waals surface area contributed by atoms with E-state index in [0.717, 1.165) is 19.4 Å². The Bertz CT molecular complexity index is 246. The van der Waals surface area contributed by atoms with Gasteiger partial charge in [0.15, 0.2) is 0 Å². The van der Waals surface area contributed by atoms with E-state index in [9.17, 15) is 0 Å². The van der Waals surface area contributed by atoms with Crippen molar-refractivity contribution in [3.63, 3.8) is 0 Å². The van der Waals surface area contributed by atoms with Gasteiger partial charge in [-0.05, 0) is 47.7 Å². The molecule has 0 aliphatic carbocycles. The Balaban J connectivity index is 2.22. The largest absolute Gasteiger partial charge is 0.396 e. The first kappa shape index (κ1) is 12.7. The normalized spacial score (nSPS) is 13.3. The summed E-state index contributed by atoms with van der Waals surface area (Å²) in [5, 5.41) is 16.7. The van der Waals surface area contributed by atoms with E-state index in [1.807, 2.05) is 0 Å². The highest BCUT2D eigenvalue weighted by Gasteiger charge is 2.11. The number of hydrogen-bond acceptors (Lipinski definition) is 3. The van der Waals surface area contributed by atoms with E-state index in [2.05, 4.69) is 36.0 Å².